The third-order valence-corrected chi connectivity index (χ3v) is 3.34. The van der Waals surface area contributed by atoms with Crippen LogP contribution in [-0.4, -0.2) is 39.5 Å². The van der Waals surface area contributed by atoms with Crippen molar-refractivity contribution in [2.45, 2.75) is 46.3 Å². The molecule has 5 heteroatoms. The van der Waals surface area contributed by atoms with Crippen molar-refractivity contribution in [2.75, 3.05) is 13.1 Å². The van der Waals surface area contributed by atoms with E-state index in [1.54, 1.807) is 0 Å². The smallest absolute Gasteiger partial charge is 0.122 e. The fraction of sp³-hybridized carbons (Fsp3) is 0.833. The summed E-state index contributed by atoms with van der Waals surface area (Å²) in [5.41, 5.74) is 1.89. The van der Waals surface area contributed by atoms with Crippen LogP contribution in [0, 0.1) is 12.3 Å². The average Bonchev–Trinajstić information content (AvgIpc) is 2.53. The number of hydrogen-bond donors (Lipinski definition) is 1. The van der Waals surface area contributed by atoms with Crippen LogP contribution in [0.2, 0.25) is 0 Å². The van der Waals surface area contributed by atoms with Crippen LogP contribution in [0.4, 0.5) is 0 Å². The molecule has 2 heterocycles. The Hall–Kier alpha value is -0.940. The minimum absolute atomic E-state index is 0.140. The monoisotopic (exact) mass is 239 g/mol. The van der Waals surface area contributed by atoms with Gasteiger partial charge in [0.25, 0.3) is 0 Å². The first-order chi connectivity index (χ1) is 7.96. The lowest BCUT2D eigenvalue weighted by atomic mass is 9.87. The van der Waals surface area contributed by atoms with Gasteiger partial charge in [-0.3, -0.25) is 4.90 Å². The van der Waals surface area contributed by atoms with Crippen molar-refractivity contribution in [3.8, 4) is 0 Å². The number of rotatable bonds is 2. The van der Waals surface area contributed by atoms with E-state index in [1.807, 2.05) is 6.92 Å². The van der Waals surface area contributed by atoms with Gasteiger partial charge in [0, 0.05) is 19.6 Å². The minimum Gasteiger partial charge on any atom is -0.393 e. The van der Waals surface area contributed by atoms with E-state index in [0.717, 1.165) is 43.9 Å². The molecule has 0 saturated carbocycles. The Bertz CT molecular complexity index is 376. The molecule has 2 rings (SSSR count). The molecule has 1 unspecified atom stereocenters. The summed E-state index contributed by atoms with van der Waals surface area (Å²) >= 11 is 0. The predicted molar refractivity (Wildman–Crippen MR) is 63.3 cm³/mol. The molecule has 1 aliphatic heterocycles. The summed E-state index contributed by atoms with van der Waals surface area (Å²) < 4.78 is 4.72. The summed E-state index contributed by atoms with van der Waals surface area (Å²) in [7, 11) is 0. The van der Waals surface area contributed by atoms with Crippen molar-refractivity contribution in [3.05, 3.63) is 11.4 Å². The van der Waals surface area contributed by atoms with Crippen molar-refractivity contribution in [3.63, 3.8) is 0 Å². The largest absolute Gasteiger partial charge is 0.393 e. The molecule has 0 amide bonds. The molecule has 1 fully saturated rings. The van der Waals surface area contributed by atoms with Crippen LogP contribution in [0.1, 0.15) is 38.1 Å². The number of aliphatic hydroxyl groups excluding tert-OH is 1. The lowest BCUT2D eigenvalue weighted by Gasteiger charge is -2.29. The molecule has 1 aliphatic rings. The van der Waals surface area contributed by atoms with Gasteiger partial charge in [-0.25, -0.2) is 4.63 Å². The molecule has 1 aromatic heterocycles. The summed E-state index contributed by atoms with van der Waals surface area (Å²) in [4.78, 5) is 2.32. The van der Waals surface area contributed by atoms with Crippen molar-refractivity contribution in [1.82, 2.24) is 15.2 Å². The lowest BCUT2D eigenvalue weighted by molar-refractivity contribution is 0.121. The first-order valence-electron chi connectivity index (χ1n) is 6.15. The second-order valence-electron chi connectivity index (χ2n) is 5.82. The van der Waals surface area contributed by atoms with E-state index in [4.69, 9.17) is 4.63 Å². The highest BCUT2D eigenvalue weighted by molar-refractivity contribution is 5.04. The van der Waals surface area contributed by atoms with E-state index < -0.39 is 0 Å². The number of aliphatic hydroxyl groups is 1. The molecule has 0 spiro atoms. The summed E-state index contributed by atoms with van der Waals surface area (Å²) in [5, 5.41) is 17.6. The molecule has 0 aliphatic carbocycles. The molecule has 96 valence electrons. The fourth-order valence-electron chi connectivity index (χ4n) is 2.56. The van der Waals surface area contributed by atoms with Gasteiger partial charge in [0.05, 0.1) is 6.10 Å². The maximum absolute atomic E-state index is 9.85. The van der Waals surface area contributed by atoms with Gasteiger partial charge in [0.2, 0.25) is 0 Å². The zero-order valence-corrected chi connectivity index (χ0v) is 10.8. The molecule has 1 N–H and O–H groups in total. The van der Waals surface area contributed by atoms with Crippen LogP contribution in [-0.2, 0) is 6.54 Å². The maximum Gasteiger partial charge on any atom is 0.122 e. The predicted octanol–water partition coefficient (Wildman–Crippen LogP) is 1.36. The van der Waals surface area contributed by atoms with E-state index in [1.165, 1.54) is 0 Å². The van der Waals surface area contributed by atoms with E-state index in [-0.39, 0.29) is 11.5 Å². The van der Waals surface area contributed by atoms with Gasteiger partial charge < -0.3 is 5.11 Å². The summed E-state index contributed by atoms with van der Waals surface area (Å²) in [6.07, 6.45) is 1.50. The Kier molecular flexibility index (Phi) is 3.49. The average molecular weight is 239 g/mol. The number of aromatic nitrogens is 2. The summed E-state index contributed by atoms with van der Waals surface area (Å²) in [6, 6.07) is 0. The zero-order chi connectivity index (χ0) is 12.5. The van der Waals surface area contributed by atoms with Gasteiger partial charge in [-0.2, -0.15) is 0 Å². The Labute approximate surface area is 102 Å². The highest BCUT2D eigenvalue weighted by atomic mass is 16.6. The second kappa shape index (κ2) is 4.74. The third-order valence-electron chi connectivity index (χ3n) is 3.34. The van der Waals surface area contributed by atoms with E-state index >= 15 is 0 Å². The van der Waals surface area contributed by atoms with Crippen LogP contribution in [0.5, 0.6) is 0 Å². The Morgan fingerprint density at radius 3 is 2.88 bits per heavy atom. The minimum atomic E-state index is -0.188. The molecule has 0 aromatic carbocycles. The summed E-state index contributed by atoms with van der Waals surface area (Å²) in [5.74, 6) is 0. The quantitative estimate of drug-likeness (QED) is 0.844. The Morgan fingerprint density at radius 1 is 1.47 bits per heavy atom. The molecule has 0 radical (unpaired) electrons. The highest BCUT2D eigenvalue weighted by Crippen LogP contribution is 2.29. The highest BCUT2D eigenvalue weighted by Gasteiger charge is 2.29. The van der Waals surface area contributed by atoms with E-state index in [9.17, 15) is 5.11 Å². The molecule has 5 nitrogen and oxygen atoms in total. The van der Waals surface area contributed by atoms with Crippen molar-refractivity contribution >= 4 is 0 Å². The first kappa shape index (κ1) is 12.5. The zero-order valence-electron chi connectivity index (χ0n) is 10.8. The normalized spacial score (nSPS) is 25.8. The molecule has 1 atom stereocenters. The fourth-order valence-corrected chi connectivity index (χ4v) is 2.56. The van der Waals surface area contributed by atoms with Gasteiger partial charge in [-0.1, -0.05) is 24.2 Å². The molecular weight excluding hydrogens is 218 g/mol. The molecule has 1 aromatic rings. The first-order valence-corrected chi connectivity index (χ1v) is 6.15. The van der Waals surface area contributed by atoms with Crippen LogP contribution >= 0.6 is 0 Å². The third kappa shape index (κ3) is 3.26. The van der Waals surface area contributed by atoms with Gasteiger partial charge in [-0.15, -0.1) is 0 Å². The molecular formula is C12H21N3O2. The number of likely N-dealkylation sites (tertiary alicyclic amines) is 1. The van der Waals surface area contributed by atoms with Crippen LogP contribution in [0.15, 0.2) is 4.63 Å². The Morgan fingerprint density at radius 2 is 2.24 bits per heavy atom. The number of aryl methyl sites for hydroxylation is 1. The topological polar surface area (TPSA) is 62.4 Å². The van der Waals surface area contributed by atoms with Gasteiger partial charge in [0.1, 0.15) is 11.4 Å². The van der Waals surface area contributed by atoms with Crippen molar-refractivity contribution in [2.24, 2.45) is 5.41 Å². The van der Waals surface area contributed by atoms with Gasteiger partial charge in [-0.05, 0) is 25.2 Å². The standard InChI is InChI=1S/C12H21N3O2/c1-9-11(14-17-13-9)7-15-5-4-10(16)6-12(2,3)8-15/h10,16H,4-8H2,1-3H3. The van der Waals surface area contributed by atoms with Gasteiger partial charge in [0.15, 0.2) is 0 Å². The molecule has 1 saturated heterocycles. The van der Waals surface area contributed by atoms with E-state index in [2.05, 4.69) is 29.1 Å². The SMILES string of the molecule is Cc1nonc1CN1CCC(O)CC(C)(C)C1. The van der Waals surface area contributed by atoms with Crippen LogP contribution < -0.4 is 0 Å². The van der Waals surface area contributed by atoms with Crippen molar-refractivity contribution < 1.29 is 9.74 Å². The van der Waals surface area contributed by atoms with Crippen LogP contribution in [0.3, 0.4) is 0 Å². The maximum atomic E-state index is 9.85. The van der Waals surface area contributed by atoms with Gasteiger partial charge >= 0.3 is 0 Å². The Balaban J connectivity index is 2.03. The van der Waals surface area contributed by atoms with Crippen molar-refractivity contribution in [1.29, 1.82) is 0 Å². The second-order valence-corrected chi connectivity index (χ2v) is 5.82. The summed E-state index contributed by atoms with van der Waals surface area (Å²) in [6.45, 7) is 8.92. The molecule has 0 bridgehead atoms. The van der Waals surface area contributed by atoms with E-state index in [0.29, 0.717) is 0 Å². The lowest BCUT2D eigenvalue weighted by Crippen LogP contribution is -2.32. The number of nitrogens with zero attached hydrogens (tertiary/aromatic N) is 3. The molecule has 17 heavy (non-hydrogen) atoms. The van der Waals surface area contributed by atoms with Crippen LogP contribution in [0.25, 0.3) is 0 Å². The number of hydrogen-bond acceptors (Lipinski definition) is 5.